The molecule has 180 valence electrons. The summed E-state index contributed by atoms with van der Waals surface area (Å²) in [4.78, 5) is 26.3. The highest BCUT2D eigenvalue weighted by molar-refractivity contribution is 7.89. The molecule has 9 nitrogen and oxygen atoms in total. The molecule has 0 bridgehead atoms. The summed E-state index contributed by atoms with van der Waals surface area (Å²) in [5, 5.41) is 5.76. The molecule has 0 saturated heterocycles. The van der Waals surface area contributed by atoms with Gasteiger partial charge < -0.3 is 20.3 Å². The monoisotopic (exact) mass is 476 g/mol. The predicted octanol–water partition coefficient (Wildman–Crippen LogP) is 2.41. The highest BCUT2D eigenvalue weighted by Gasteiger charge is 2.23. The maximum absolute atomic E-state index is 12.8. The Labute approximate surface area is 195 Å². The first-order valence-electron chi connectivity index (χ1n) is 10.6. The van der Waals surface area contributed by atoms with Crippen molar-refractivity contribution < 1.29 is 22.7 Å². The van der Waals surface area contributed by atoms with Crippen molar-refractivity contribution in [2.75, 3.05) is 51.5 Å². The highest BCUT2D eigenvalue weighted by Crippen LogP contribution is 2.29. The molecule has 0 saturated carbocycles. The number of para-hydroxylation sites is 1. The standard InChI is InChI=1S/C23H32N4O5S/c1-6-27(7-2)33(30,31)18-12-13-21(32-5)20(15-18)25-22(28)16-24-19-11-9-8-10-17(19)14-23(29)26(3)4/h8-13,15,24H,6-7,14,16H2,1-5H3,(H,25,28). The number of methoxy groups -OCH3 is 1. The molecule has 2 aromatic rings. The van der Waals surface area contributed by atoms with Crippen LogP contribution in [0.15, 0.2) is 47.4 Å². The van der Waals surface area contributed by atoms with E-state index in [1.165, 1.54) is 34.5 Å². The number of nitrogens with zero attached hydrogens (tertiary/aromatic N) is 2. The van der Waals surface area contributed by atoms with Gasteiger partial charge in [0.15, 0.2) is 0 Å². The van der Waals surface area contributed by atoms with E-state index in [4.69, 9.17) is 4.74 Å². The van der Waals surface area contributed by atoms with Crippen molar-refractivity contribution in [2.45, 2.75) is 25.2 Å². The number of likely N-dealkylation sites (N-methyl/N-ethyl adjacent to an activating group) is 1. The van der Waals surface area contributed by atoms with Crippen molar-refractivity contribution in [3.8, 4) is 5.75 Å². The lowest BCUT2D eigenvalue weighted by Gasteiger charge is -2.20. The van der Waals surface area contributed by atoms with Crippen LogP contribution in [-0.2, 0) is 26.0 Å². The second-order valence-corrected chi connectivity index (χ2v) is 9.41. The first kappa shape index (κ1) is 26.1. The second kappa shape index (κ2) is 11.7. The Bertz CT molecular complexity index is 1080. The van der Waals surface area contributed by atoms with E-state index in [9.17, 15) is 18.0 Å². The summed E-state index contributed by atoms with van der Waals surface area (Å²) in [5.41, 5.74) is 1.70. The number of sulfonamides is 1. The van der Waals surface area contributed by atoms with Gasteiger partial charge in [-0.1, -0.05) is 32.0 Å². The molecule has 0 aliphatic rings. The minimum Gasteiger partial charge on any atom is -0.495 e. The molecule has 0 aliphatic carbocycles. The van der Waals surface area contributed by atoms with Crippen LogP contribution in [0.4, 0.5) is 11.4 Å². The molecular formula is C23H32N4O5S. The van der Waals surface area contributed by atoms with Crippen molar-refractivity contribution in [3.63, 3.8) is 0 Å². The van der Waals surface area contributed by atoms with Crippen molar-refractivity contribution in [1.29, 1.82) is 0 Å². The smallest absolute Gasteiger partial charge is 0.243 e. The molecule has 0 fully saturated rings. The van der Waals surface area contributed by atoms with Gasteiger partial charge in [-0.3, -0.25) is 9.59 Å². The summed E-state index contributed by atoms with van der Waals surface area (Å²) in [7, 11) is 1.13. The van der Waals surface area contributed by atoms with Gasteiger partial charge in [0.1, 0.15) is 5.75 Å². The summed E-state index contributed by atoms with van der Waals surface area (Å²) in [5.74, 6) is -0.0945. The molecule has 10 heteroatoms. The van der Waals surface area contributed by atoms with E-state index >= 15 is 0 Å². The molecule has 33 heavy (non-hydrogen) atoms. The van der Waals surface area contributed by atoms with Crippen molar-refractivity contribution in [3.05, 3.63) is 48.0 Å². The van der Waals surface area contributed by atoms with E-state index in [0.717, 1.165) is 5.56 Å². The third-order valence-electron chi connectivity index (χ3n) is 5.09. The average Bonchev–Trinajstić information content (AvgIpc) is 2.79. The fourth-order valence-corrected chi connectivity index (χ4v) is 4.68. The Morgan fingerprint density at radius 1 is 1.00 bits per heavy atom. The number of benzene rings is 2. The van der Waals surface area contributed by atoms with Crippen LogP contribution >= 0.6 is 0 Å². The maximum atomic E-state index is 12.8. The summed E-state index contributed by atoms with van der Waals surface area (Å²) in [6.45, 7) is 4.13. The number of amides is 2. The Balaban J connectivity index is 2.17. The molecule has 0 radical (unpaired) electrons. The fourth-order valence-electron chi connectivity index (χ4n) is 3.20. The van der Waals surface area contributed by atoms with Crippen LogP contribution in [-0.4, -0.2) is 70.3 Å². The van der Waals surface area contributed by atoms with Gasteiger partial charge in [-0.25, -0.2) is 8.42 Å². The number of carbonyl (C=O) groups excluding carboxylic acids is 2. The van der Waals surface area contributed by atoms with E-state index in [1.54, 1.807) is 34.0 Å². The van der Waals surface area contributed by atoms with Gasteiger partial charge in [0.05, 0.1) is 30.7 Å². The molecule has 0 spiro atoms. The van der Waals surface area contributed by atoms with Crippen LogP contribution in [0.5, 0.6) is 5.75 Å². The fraction of sp³-hybridized carbons (Fsp3) is 0.391. The topological polar surface area (TPSA) is 108 Å². The van der Waals surface area contributed by atoms with Crippen LogP contribution in [0.3, 0.4) is 0 Å². The van der Waals surface area contributed by atoms with Crippen LogP contribution in [0.2, 0.25) is 0 Å². The molecule has 0 aromatic heterocycles. The van der Waals surface area contributed by atoms with Crippen molar-refractivity contribution >= 4 is 33.2 Å². The Morgan fingerprint density at radius 2 is 1.67 bits per heavy atom. The van der Waals surface area contributed by atoms with Gasteiger partial charge in [-0.05, 0) is 29.8 Å². The van der Waals surface area contributed by atoms with Gasteiger partial charge in [0.25, 0.3) is 0 Å². The number of anilines is 2. The van der Waals surface area contributed by atoms with Gasteiger partial charge in [-0.15, -0.1) is 0 Å². The third kappa shape index (κ3) is 6.69. The summed E-state index contributed by atoms with van der Waals surface area (Å²) in [6.07, 6.45) is 0.205. The molecule has 2 N–H and O–H groups in total. The zero-order valence-electron chi connectivity index (χ0n) is 19.7. The minimum atomic E-state index is -3.69. The summed E-state index contributed by atoms with van der Waals surface area (Å²) < 4.78 is 32.3. The SMILES string of the molecule is CCN(CC)S(=O)(=O)c1ccc(OC)c(NC(=O)CNc2ccccc2CC(=O)N(C)C)c1. The zero-order chi connectivity index (χ0) is 24.6. The normalized spacial score (nSPS) is 11.2. The van der Waals surface area contributed by atoms with Gasteiger partial charge in [0.2, 0.25) is 21.8 Å². The van der Waals surface area contributed by atoms with Crippen molar-refractivity contribution in [2.24, 2.45) is 0 Å². The molecular weight excluding hydrogens is 444 g/mol. The van der Waals surface area contributed by atoms with Crippen LogP contribution in [0.1, 0.15) is 19.4 Å². The van der Waals surface area contributed by atoms with Gasteiger partial charge in [-0.2, -0.15) is 4.31 Å². The predicted molar refractivity (Wildman–Crippen MR) is 129 cm³/mol. The first-order valence-corrected chi connectivity index (χ1v) is 12.1. The lowest BCUT2D eigenvalue weighted by atomic mass is 10.1. The Hall–Kier alpha value is -3.11. The van der Waals surface area contributed by atoms with Crippen LogP contribution in [0, 0.1) is 0 Å². The van der Waals surface area contributed by atoms with E-state index in [-0.39, 0.29) is 35.4 Å². The molecule has 2 rings (SSSR count). The van der Waals surface area contributed by atoms with Gasteiger partial charge in [0, 0.05) is 32.9 Å². The minimum absolute atomic E-state index is 0.0512. The van der Waals surface area contributed by atoms with Crippen molar-refractivity contribution in [1.82, 2.24) is 9.21 Å². The van der Waals surface area contributed by atoms with E-state index < -0.39 is 10.0 Å². The van der Waals surface area contributed by atoms with E-state index in [2.05, 4.69) is 10.6 Å². The number of nitrogens with one attached hydrogen (secondary N) is 2. The molecule has 0 aliphatic heterocycles. The number of hydrogen-bond acceptors (Lipinski definition) is 6. The molecule has 2 amide bonds. The maximum Gasteiger partial charge on any atom is 0.243 e. The lowest BCUT2D eigenvalue weighted by Crippen LogP contribution is -2.30. The Kier molecular flexibility index (Phi) is 9.24. The second-order valence-electron chi connectivity index (χ2n) is 7.48. The zero-order valence-corrected chi connectivity index (χ0v) is 20.5. The number of rotatable bonds is 11. The summed E-state index contributed by atoms with van der Waals surface area (Å²) >= 11 is 0. The molecule has 0 unspecified atom stereocenters. The lowest BCUT2D eigenvalue weighted by molar-refractivity contribution is -0.127. The molecule has 0 atom stereocenters. The van der Waals surface area contributed by atoms with Crippen LogP contribution in [0.25, 0.3) is 0 Å². The van der Waals surface area contributed by atoms with E-state index in [0.29, 0.717) is 24.5 Å². The largest absolute Gasteiger partial charge is 0.495 e. The van der Waals surface area contributed by atoms with Crippen LogP contribution < -0.4 is 15.4 Å². The van der Waals surface area contributed by atoms with E-state index in [1.807, 2.05) is 18.2 Å². The Morgan fingerprint density at radius 3 is 2.27 bits per heavy atom. The number of carbonyl (C=O) groups is 2. The van der Waals surface area contributed by atoms with Gasteiger partial charge >= 0.3 is 0 Å². The number of ether oxygens (including phenoxy) is 1. The third-order valence-corrected chi connectivity index (χ3v) is 7.13. The summed E-state index contributed by atoms with van der Waals surface area (Å²) in [6, 6.07) is 11.6. The first-order chi connectivity index (χ1) is 15.6. The molecule has 0 heterocycles. The highest BCUT2D eigenvalue weighted by atomic mass is 32.2. The number of hydrogen-bond donors (Lipinski definition) is 2. The molecule has 2 aromatic carbocycles. The average molecular weight is 477 g/mol. The quantitative estimate of drug-likeness (QED) is 0.516.